The Balaban J connectivity index is 2.85. The predicted molar refractivity (Wildman–Crippen MR) is 96.4 cm³/mol. The third kappa shape index (κ3) is 6.17. The highest BCUT2D eigenvalue weighted by Gasteiger charge is 2.39. The van der Waals surface area contributed by atoms with E-state index in [4.69, 9.17) is 10.8 Å². The molecule has 1 aliphatic heterocycles. The number of rotatable bonds is 9. The summed E-state index contributed by atoms with van der Waals surface area (Å²) in [5.41, 5.74) is 5.70. The van der Waals surface area contributed by atoms with Gasteiger partial charge in [0, 0.05) is 6.54 Å². The topological polar surface area (TPSA) is 162 Å². The average Bonchev–Trinajstić information content (AvgIpc) is 3.11. The first kappa shape index (κ1) is 22.8. The van der Waals surface area contributed by atoms with Gasteiger partial charge in [-0.3, -0.25) is 19.2 Å². The van der Waals surface area contributed by atoms with Gasteiger partial charge in [0.1, 0.15) is 24.7 Å². The molecule has 10 nitrogen and oxygen atoms in total. The lowest BCUT2D eigenvalue weighted by atomic mass is 9.97. The molecule has 27 heavy (non-hydrogen) atoms. The first-order valence-electron chi connectivity index (χ1n) is 9.14. The lowest BCUT2D eigenvalue weighted by molar-refractivity contribution is -0.142. The summed E-state index contributed by atoms with van der Waals surface area (Å²) in [5.74, 6) is -3.01. The van der Waals surface area contributed by atoms with E-state index in [2.05, 4.69) is 10.6 Å². The maximum Gasteiger partial charge on any atom is 0.322 e. The number of nitrogens with one attached hydrogen (secondary N) is 2. The number of carboxylic acid groups (broad SMARTS) is 1. The van der Waals surface area contributed by atoms with Crippen molar-refractivity contribution in [2.45, 2.75) is 64.3 Å². The highest BCUT2D eigenvalue weighted by Crippen LogP contribution is 2.20. The fraction of sp³-hybridized carbons (Fsp3) is 0.765. The molecule has 3 amide bonds. The number of carbonyl (C=O) groups is 4. The Bertz CT molecular complexity index is 568. The van der Waals surface area contributed by atoms with E-state index in [9.17, 15) is 24.3 Å². The third-order valence-electron chi connectivity index (χ3n) is 4.85. The maximum atomic E-state index is 12.7. The second-order valence-electron chi connectivity index (χ2n) is 6.94. The zero-order valence-corrected chi connectivity index (χ0v) is 16.0. The Labute approximate surface area is 158 Å². The Morgan fingerprint density at radius 3 is 2.41 bits per heavy atom. The van der Waals surface area contributed by atoms with E-state index in [0.29, 0.717) is 25.8 Å². The summed E-state index contributed by atoms with van der Waals surface area (Å²) in [6, 6.07) is -2.81. The van der Waals surface area contributed by atoms with Crippen molar-refractivity contribution < 1.29 is 29.4 Å². The molecule has 154 valence electrons. The van der Waals surface area contributed by atoms with E-state index < -0.39 is 54.5 Å². The van der Waals surface area contributed by atoms with Crippen LogP contribution in [0.1, 0.15) is 40.0 Å². The summed E-state index contributed by atoms with van der Waals surface area (Å²) < 4.78 is 0. The van der Waals surface area contributed by atoms with Crippen molar-refractivity contribution in [1.29, 1.82) is 0 Å². The van der Waals surface area contributed by atoms with Gasteiger partial charge in [0.25, 0.3) is 0 Å². The van der Waals surface area contributed by atoms with E-state index in [-0.39, 0.29) is 5.92 Å². The molecule has 5 unspecified atom stereocenters. The van der Waals surface area contributed by atoms with Crippen molar-refractivity contribution in [2.24, 2.45) is 11.7 Å². The van der Waals surface area contributed by atoms with Gasteiger partial charge in [-0.25, -0.2) is 0 Å². The van der Waals surface area contributed by atoms with Gasteiger partial charge >= 0.3 is 5.97 Å². The van der Waals surface area contributed by atoms with Crippen molar-refractivity contribution in [1.82, 2.24) is 15.5 Å². The minimum atomic E-state index is -1.18. The van der Waals surface area contributed by atoms with E-state index >= 15 is 0 Å². The number of nitrogens with zero attached hydrogens (tertiary/aromatic N) is 1. The molecule has 0 spiro atoms. The number of hydrogen-bond acceptors (Lipinski definition) is 6. The molecule has 6 N–H and O–H groups in total. The van der Waals surface area contributed by atoms with Gasteiger partial charge in [-0.15, -0.1) is 0 Å². The van der Waals surface area contributed by atoms with Crippen LogP contribution in [0.3, 0.4) is 0 Å². The van der Waals surface area contributed by atoms with Crippen LogP contribution in [0.5, 0.6) is 0 Å². The van der Waals surface area contributed by atoms with E-state index in [1.165, 1.54) is 11.8 Å². The highest BCUT2D eigenvalue weighted by molar-refractivity contribution is 5.94. The van der Waals surface area contributed by atoms with E-state index in [1.807, 2.05) is 6.92 Å². The normalized spacial score (nSPS) is 21.1. The number of aliphatic carboxylic acids is 1. The van der Waals surface area contributed by atoms with Gasteiger partial charge in [0.05, 0.1) is 6.10 Å². The first-order valence-corrected chi connectivity index (χ1v) is 9.14. The van der Waals surface area contributed by atoms with Crippen molar-refractivity contribution in [3.8, 4) is 0 Å². The number of carboxylic acids is 1. The molecule has 1 aliphatic rings. The number of hydrogen-bond donors (Lipinski definition) is 5. The van der Waals surface area contributed by atoms with Crippen LogP contribution in [0.15, 0.2) is 0 Å². The fourth-order valence-corrected chi connectivity index (χ4v) is 2.92. The molecule has 0 aliphatic carbocycles. The summed E-state index contributed by atoms with van der Waals surface area (Å²) in [6.07, 6.45) is 0.575. The zero-order chi connectivity index (χ0) is 20.7. The molecule has 10 heteroatoms. The second-order valence-corrected chi connectivity index (χ2v) is 6.94. The highest BCUT2D eigenvalue weighted by atomic mass is 16.4. The quantitative estimate of drug-likeness (QED) is 0.319. The maximum absolute atomic E-state index is 12.7. The summed E-state index contributed by atoms with van der Waals surface area (Å²) in [4.78, 5) is 49.4. The summed E-state index contributed by atoms with van der Waals surface area (Å²) in [6.45, 7) is 4.82. The van der Waals surface area contributed by atoms with Crippen LogP contribution in [0, 0.1) is 5.92 Å². The summed E-state index contributed by atoms with van der Waals surface area (Å²) >= 11 is 0. The monoisotopic (exact) mass is 386 g/mol. The molecule has 0 bridgehead atoms. The van der Waals surface area contributed by atoms with Crippen LogP contribution in [0.2, 0.25) is 0 Å². The van der Waals surface area contributed by atoms with Crippen LogP contribution < -0.4 is 16.4 Å². The Hall–Kier alpha value is -2.20. The van der Waals surface area contributed by atoms with Crippen LogP contribution in [0.4, 0.5) is 0 Å². The molecule has 0 saturated carbocycles. The Morgan fingerprint density at radius 2 is 1.89 bits per heavy atom. The summed E-state index contributed by atoms with van der Waals surface area (Å²) in [5, 5.41) is 23.2. The predicted octanol–water partition coefficient (Wildman–Crippen LogP) is -1.58. The van der Waals surface area contributed by atoms with Crippen LogP contribution in [0.25, 0.3) is 0 Å². The minimum absolute atomic E-state index is 0.229. The third-order valence-corrected chi connectivity index (χ3v) is 4.85. The molecule has 0 radical (unpaired) electrons. The number of likely N-dealkylation sites (tertiary alicyclic amines) is 1. The van der Waals surface area contributed by atoms with Crippen LogP contribution >= 0.6 is 0 Å². The molecular weight excluding hydrogens is 356 g/mol. The number of nitrogens with two attached hydrogens (primary N) is 1. The molecule has 5 atom stereocenters. The lowest BCUT2D eigenvalue weighted by Crippen LogP contribution is -2.58. The van der Waals surface area contributed by atoms with Gasteiger partial charge in [0.15, 0.2) is 0 Å². The van der Waals surface area contributed by atoms with Crippen LogP contribution in [-0.4, -0.2) is 76.1 Å². The van der Waals surface area contributed by atoms with Gasteiger partial charge in [-0.2, -0.15) is 0 Å². The number of amides is 3. The summed E-state index contributed by atoms with van der Waals surface area (Å²) in [7, 11) is 0. The van der Waals surface area contributed by atoms with Crippen molar-refractivity contribution in [3.63, 3.8) is 0 Å². The largest absolute Gasteiger partial charge is 0.480 e. The first-order chi connectivity index (χ1) is 12.6. The zero-order valence-electron chi connectivity index (χ0n) is 16.0. The molecule has 0 aromatic rings. The number of aliphatic hydroxyl groups excluding tert-OH is 1. The Morgan fingerprint density at radius 1 is 1.26 bits per heavy atom. The Kier molecular flexibility index (Phi) is 8.64. The molecule has 0 aromatic carbocycles. The molecule has 1 fully saturated rings. The number of aliphatic hydroxyl groups is 1. The van der Waals surface area contributed by atoms with Crippen molar-refractivity contribution >= 4 is 23.7 Å². The van der Waals surface area contributed by atoms with Gasteiger partial charge in [0.2, 0.25) is 17.7 Å². The second kappa shape index (κ2) is 10.2. The SMILES string of the molecule is CCC(C)C(NC(=O)C1CCCN1C(=O)C(N)C(C)O)C(=O)NCC(=O)O. The van der Waals surface area contributed by atoms with E-state index in [1.54, 1.807) is 6.92 Å². The minimum Gasteiger partial charge on any atom is -0.480 e. The lowest BCUT2D eigenvalue weighted by Gasteiger charge is -2.30. The number of carbonyl (C=O) groups excluding carboxylic acids is 3. The fourth-order valence-electron chi connectivity index (χ4n) is 2.92. The average molecular weight is 386 g/mol. The van der Waals surface area contributed by atoms with Crippen LogP contribution in [-0.2, 0) is 19.2 Å². The van der Waals surface area contributed by atoms with Gasteiger partial charge < -0.3 is 31.5 Å². The van der Waals surface area contributed by atoms with Gasteiger partial charge in [-0.1, -0.05) is 20.3 Å². The molecule has 1 heterocycles. The van der Waals surface area contributed by atoms with Crippen molar-refractivity contribution in [3.05, 3.63) is 0 Å². The smallest absolute Gasteiger partial charge is 0.322 e. The van der Waals surface area contributed by atoms with Crippen molar-refractivity contribution in [2.75, 3.05) is 13.1 Å². The molecule has 0 aromatic heterocycles. The van der Waals surface area contributed by atoms with Gasteiger partial charge in [-0.05, 0) is 25.7 Å². The standard InChI is InChI=1S/C17H30N4O6/c1-4-9(2)14(16(26)19-8-12(23)24)20-15(25)11-6-5-7-21(11)17(27)13(18)10(3)22/h9-11,13-14,22H,4-8,18H2,1-3H3,(H,19,26)(H,20,25)(H,23,24). The molecule has 1 rings (SSSR count). The van der Waals surface area contributed by atoms with E-state index in [0.717, 1.165) is 0 Å². The molecule has 1 saturated heterocycles. The molecular formula is C17H30N4O6.